The van der Waals surface area contributed by atoms with Crippen LogP contribution in [0.15, 0.2) is 53.4 Å². The quantitative estimate of drug-likeness (QED) is 0.716. The number of benzene rings is 2. The third-order valence-electron chi connectivity index (χ3n) is 4.17. The number of amides is 2. The predicted octanol–water partition coefficient (Wildman–Crippen LogP) is 2.90. The van der Waals surface area contributed by atoms with Crippen LogP contribution in [0.3, 0.4) is 0 Å². The summed E-state index contributed by atoms with van der Waals surface area (Å²) in [6.07, 6.45) is 1.62. The minimum atomic E-state index is -3.84. The maximum absolute atomic E-state index is 13.0. The molecule has 1 aliphatic carbocycles. The number of rotatable bonds is 6. The summed E-state index contributed by atoms with van der Waals surface area (Å²) in [5.74, 6) is -1.30. The van der Waals surface area contributed by atoms with Gasteiger partial charge in [0, 0.05) is 21.9 Å². The van der Waals surface area contributed by atoms with E-state index in [0.29, 0.717) is 5.69 Å². The van der Waals surface area contributed by atoms with Gasteiger partial charge in [0.2, 0.25) is 5.91 Å². The number of hydrogen-bond acceptors (Lipinski definition) is 4. The molecular weight excluding hydrogens is 395 g/mol. The maximum atomic E-state index is 13.0. The van der Waals surface area contributed by atoms with Crippen molar-refractivity contribution in [2.24, 2.45) is 5.92 Å². The molecule has 0 unspecified atom stereocenters. The van der Waals surface area contributed by atoms with E-state index in [1.165, 1.54) is 48.5 Å². The molecule has 1 saturated carbocycles. The van der Waals surface area contributed by atoms with Gasteiger partial charge in [0.05, 0.1) is 4.90 Å². The first-order chi connectivity index (χ1) is 12.7. The monoisotopic (exact) mass is 410 g/mol. The molecule has 1 fully saturated rings. The first kappa shape index (κ1) is 19.3. The van der Waals surface area contributed by atoms with Crippen LogP contribution in [0.25, 0.3) is 0 Å². The van der Waals surface area contributed by atoms with Crippen LogP contribution >= 0.6 is 10.7 Å². The van der Waals surface area contributed by atoms with Crippen molar-refractivity contribution in [1.29, 1.82) is 0 Å². The summed E-state index contributed by atoms with van der Waals surface area (Å²) < 4.78 is 35.5. The third kappa shape index (κ3) is 5.05. The molecule has 0 spiro atoms. The fraction of sp³-hybridized carbons (Fsp3) is 0.222. The number of nitrogens with one attached hydrogen (secondary N) is 2. The number of anilines is 1. The highest BCUT2D eigenvalue weighted by Crippen LogP contribution is 2.33. The molecule has 142 valence electrons. The summed E-state index contributed by atoms with van der Waals surface area (Å²) in [7, 11) is 1.41. The van der Waals surface area contributed by atoms with Gasteiger partial charge in [-0.25, -0.2) is 12.8 Å². The van der Waals surface area contributed by atoms with Crippen molar-refractivity contribution in [3.05, 3.63) is 59.9 Å². The van der Waals surface area contributed by atoms with Gasteiger partial charge in [-0.3, -0.25) is 9.59 Å². The lowest BCUT2D eigenvalue weighted by atomic mass is 10.1. The van der Waals surface area contributed by atoms with E-state index >= 15 is 0 Å². The number of carbonyl (C=O) groups excluding carboxylic acids is 2. The van der Waals surface area contributed by atoms with Gasteiger partial charge in [-0.1, -0.05) is 0 Å². The van der Waals surface area contributed by atoms with Gasteiger partial charge in [-0.15, -0.1) is 0 Å². The molecule has 1 atom stereocenters. The smallest absolute Gasteiger partial charge is 0.261 e. The van der Waals surface area contributed by atoms with Crippen LogP contribution < -0.4 is 10.6 Å². The first-order valence-corrected chi connectivity index (χ1v) is 10.5. The summed E-state index contributed by atoms with van der Waals surface area (Å²) in [4.78, 5) is 24.8. The Kier molecular flexibility index (Phi) is 5.48. The highest BCUT2D eigenvalue weighted by atomic mass is 35.7. The van der Waals surface area contributed by atoms with E-state index in [4.69, 9.17) is 10.7 Å². The zero-order valence-corrected chi connectivity index (χ0v) is 15.6. The van der Waals surface area contributed by atoms with Gasteiger partial charge in [-0.05, 0) is 67.3 Å². The summed E-state index contributed by atoms with van der Waals surface area (Å²) in [5, 5.41) is 5.34. The second-order valence-electron chi connectivity index (χ2n) is 6.25. The van der Waals surface area contributed by atoms with Gasteiger partial charge in [0.25, 0.3) is 15.0 Å². The standard InChI is InChI=1S/C18H16ClFN2O4S/c19-27(25,26)15-9-7-14(8-10-15)21-18(24)16(11-1-2-11)22-17(23)12-3-5-13(20)6-4-12/h3-11,16H,1-2H2,(H,21,24)(H,22,23)/t16-/m0/s1. The maximum Gasteiger partial charge on any atom is 0.261 e. The molecule has 2 N–H and O–H groups in total. The van der Waals surface area contributed by atoms with Gasteiger partial charge >= 0.3 is 0 Å². The van der Waals surface area contributed by atoms with Crippen LogP contribution in [-0.4, -0.2) is 26.3 Å². The largest absolute Gasteiger partial charge is 0.340 e. The summed E-state index contributed by atoms with van der Waals surface area (Å²) in [5.41, 5.74) is 0.636. The molecule has 1 aliphatic rings. The molecule has 9 heteroatoms. The van der Waals surface area contributed by atoms with Gasteiger partial charge < -0.3 is 10.6 Å². The van der Waals surface area contributed by atoms with Crippen molar-refractivity contribution >= 4 is 37.2 Å². The Morgan fingerprint density at radius 2 is 1.63 bits per heavy atom. The molecule has 0 heterocycles. The fourth-order valence-corrected chi connectivity index (χ4v) is 3.34. The Hall–Kier alpha value is -2.45. The predicted molar refractivity (Wildman–Crippen MR) is 98.5 cm³/mol. The van der Waals surface area contributed by atoms with Crippen molar-refractivity contribution < 1.29 is 22.4 Å². The average molecular weight is 411 g/mol. The van der Waals surface area contributed by atoms with E-state index < -0.39 is 32.7 Å². The van der Waals surface area contributed by atoms with Crippen LogP contribution in [0.5, 0.6) is 0 Å². The minimum Gasteiger partial charge on any atom is -0.340 e. The lowest BCUT2D eigenvalue weighted by Gasteiger charge is -2.18. The highest BCUT2D eigenvalue weighted by Gasteiger charge is 2.37. The Morgan fingerprint density at radius 1 is 1.04 bits per heavy atom. The zero-order chi connectivity index (χ0) is 19.6. The zero-order valence-electron chi connectivity index (χ0n) is 14.0. The summed E-state index contributed by atoms with van der Waals surface area (Å²) in [6, 6.07) is 9.69. The second kappa shape index (κ2) is 7.66. The lowest BCUT2D eigenvalue weighted by molar-refractivity contribution is -0.118. The molecule has 2 aromatic rings. The molecule has 6 nitrogen and oxygen atoms in total. The van der Waals surface area contributed by atoms with Crippen LogP contribution in [-0.2, 0) is 13.8 Å². The lowest BCUT2D eigenvalue weighted by Crippen LogP contribution is -2.45. The molecule has 27 heavy (non-hydrogen) atoms. The van der Waals surface area contributed by atoms with Crippen molar-refractivity contribution in [3.63, 3.8) is 0 Å². The van der Waals surface area contributed by atoms with Crippen LogP contribution in [0.4, 0.5) is 10.1 Å². The van der Waals surface area contributed by atoms with E-state index in [9.17, 15) is 22.4 Å². The van der Waals surface area contributed by atoms with Crippen LogP contribution in [0, 0.1) is 11.7 Å². The average Bonchev–Trinajstić information content (AvgIpc) is 3.44. The Bertz CT molecular complexity index is 958. The molecule has 2 amide bonds. The molecule has 0 bridgehead atoms. The van der Waals surface area contributed by atoms with Crippen molar-refractivity contribution in [1.82, 2.24) is 5.32 Å². The molecule has 0 saturated heterocycles. The number of carbonyl (C=O) groups is 2. The van der Waals surface area contributed by atoms with E-state index in [0.717, 1.165) is 12.8 Å². The van der Waals surface area contributed by atoms with E-state index in [2.05, 4.69) is 10.6 Å². The first-order valence-electron chi connectivity index (χ1n) is 8.16. The van der Waals surface area contributed by atoms with Crippen LogP contribution in [0.2, 0.25) is 0 Å². The minimum absolute atomic E-state index is 0.0249. The van der Waals surface area contributed by atoms with Gasteiger partial charge in [-0.2, -0.15) is 0 Å². The van der Waals surface area contributed by atoms with Crippen molar-refractivity contribution in [2.75, 3.05) is 5.32 Å². The highest BCUT2D eigenvalue weighted by molar-refractivity contribution is 8.13. The normalized spacial score (nSPS) is 15.0. The van der Waals surface area contributed by atoms with Crippen molar-refractivity contribution in [3.8, 4) is 0 Å². The second-order valence-corrected chi connectivity index (χ2v) is 8.81. The van der Waals surface area contributed by atoms with E-state index in [1.54, 1.807) is 0 Å². The molecule has 0 radical (unpaired) electrons. The topological polar surface area (TPSA) is 92.3 Å². The fourth-order valence-electron chi connectivity index (χ4n) is 2.57. The SMILES string of the molecule is O=C(N[C@H](C(=O)Nc1ccc(S(=O)(=O)Cl)cc1)C1CC1)c1ccc(F)cc1. The Balaban J connectivity index is 1.68. The number of hydrogen-bond donors (Lipinski definition) is 2. The number of halogens is 2. The van der Waals surface area contributed by atoms with E-state index in [-0.39, 0.29) is 16.4 Å². The van der Waals surface area contributed by atoms with Gasteiger partial charge in [0.1, 0.15) is 11.9 Å². The molecule has 0 aliphatic heterocycles. The molecule has 3 rings (SSSR count). The van der Waals surface area contributed by atoms with Crippen LogP contribution in [0.1, 0.15) is 23.2 Å². The Morgan fingerprint density at radius 3 is 2.15 bits per heavy atom. The van der Waals surface area contributed by atoms with Crippen molar-refractivity contribution in [2.45, 2.75) is 23.8 Å². The molecule has 0 aromatic heterocycles. The Labute approximate surface area is 160 Å². The van der Waals surface area contributed by atoms with Gasteiger partial charge in [0.15, 0.2) is 0 Å². The van der Waals surface area contributed by atoms with E-state index in [1.807, 2.05) is 0 Å². The molecule has 2 aromatic carbocycles. The summed E-state index contributed by atoms with van der Waals surface area (Å²) >= 11 is 0. The summed E-state index contributed by atoms with van der Waals surface area (Å²) in [6.45, 7) is 0. The third-order valence-corrected chi connectivity index (χ3v) is 5.54. The molecular formula is C18H16ClFN2O4S.